The lowest BCUT2D eigenvalue weighted by molar-refractivity contribution is 0.306. The molecule has 3 aromatic rings. The molecule has 0 bridgehead atoms. The van der Waals surface area contributed by atoms with Gasteiger partial charge in [-0.15, -0.1) is 0 Å². The normalized spacial score (nSPS) is 11.1. The van der Waals surface area contributed by atoms with Crippen LogP contribution < -0.4 is 4.74 Å². The molecule has 0 aliphatic rings. The zero-order chi connectivity index (χ0) is 18.5. The fourth-order valence-corrected chi connectivity index (χ4v) is 3.03. The average molecular weight is 449 g/mol. The van der Waals surface area contributed by atoms with Crippen molar-refractivity contribution >= 4 is 51.0 Å². The lowest BCUT2D eigenvalue weighted by Gasteiger charge is -2.10. The van der Waals surface area contributed by atoms with Crippen molar-refractivity contribution in [2.45, 2.75) is 13.5 Å². The summed E-state index contributed by atoms with van der Waals surface area (Å²) >= 11 is 15.5. The largest absolute Gasteiger partial charge is 0.488 e. The number of aliphatic imine (C=N–C) groups is 1. The molecule has 0 saturated heterocycles. The van der Waals surface area contributed by atoms with Crippen LogP contribution in [-0.4, -0.2) is 6.21 Å². The van der Waals surface area contributed by atoms with Gasteiger partial charge in [-0.3, -0.25) is 4.99 Å². The zero-order valence-corrected chi connectivity index (χ0v) is 17.1. The molecule has 0 atom stereocenters. The highest BCUT2D eigenvalue weighted by molar-refractivity contribution is 9.10. The summed E-state index contributed by atoms with van der Waals surface area (Å²) in [5, 5.41) is 1.37. The van der Waals surface area contributed by atoms with E-state index < -0.39 is 0 Å². The fourth-order valence-electron chi connectivity index (χ4n) is 2.35. The number of nitrogens with zero attached hydrogens (tertiary/aromatic N) is 1. The number of hydrogen-bond donors (Lipinski definition) is 0. The molecule has 3 aromatic carbocycles. The third kappa shape index (κ3) is 5.10. The van der Waals surface area contributed by atoms with Crippen LogP contribution in [-0.2, 0) is 6.61 Å². The summed E-state index contributed by atoms with van der Waals surface area (Å²) in [6.45, 7) is 2.46. The summed E-state index contributed by atoms with van der Waals surface area (Å²) in [7, 11) is 0. The first kappa shape index (κ1) is 19.0. The molecule has 5 heteroatoms. The summed E-state index contributed by atoms with van der Waals surface area (Å²) in [5.74, 6) is 0.756. The first-order chi connectivity index (χ1) is 12.5. The molecule has 0 unspecified atom stereocenters. The minimum Gasteiger partial charge on any atom is -0.488 e. The van der Waals surface area contributed by atoms with Gasteiger partial charge in [0.15, 0.2) is 0 Å². The minimum atomic E-state index is 0.454. The predicted molar refractivity (Wildman–Crippen MR) is 113 cm³/mol. The maximum atomic E-state index is 6.07. The van der Waals surface area contributed by atoms with Crippen molar-refractivity contribution in [3.8, 4) is 5.75 Å². The lowest BCUT2D eigenvalue weighted by Crippen LogP contribution is -1.98. The Labute approximate surface area is 171 Å². The van der Waals surface area contributed by atoms with Crippen LogP contribution in [0.5, 0.6) is 5.75 Å². The van der Waals surface area contributed by atoms with Crippen LogP contribution in [0, 0.1) is 6.92 Å². The Kier molecular flexibility index (Phi) is 6.36. The van der Waals surface area contributed by atoms with E-state index in [9.17, 15) is 0 Å². The third-order valence-corrected chi connectivity index (χ3v) is 4.77. The van der Waals surface area contributed by atoms with Crippen molar-refractivity contribution in [2.75, 3.05) is 0 Å². The second kappa shape index (κ2) is 8.72. The highest BCUT2D eigenvalue weighted by Gasteiger charge is 2.05. The van der Waals surface area contributed by atoms with E-state index in [1.807, 2.05) is 67.6 Å². The van der Waals surface area contributed by atoms with Gasteiger partial charge in [-0.05, 0) is 60.5 Å². The van der Waals surface area contributed by atoms with Gasteiger partial charge in [0.25, 0.3) is 0 Å². The molecule has 132 valence electrons. The maximum absolute atomic E-state index is 6.07. The standard InChI is InChI=1S/C21H16BrCl2NO/c1-14-2-6-19(24)11-20(14)25-12-16-10-17(22)5-9-21(16)26-13-15-3-7-18(23)8-4-15/h2-12H,13H2,1H3. The molecule has 3 rings (SSSR count). The molecule has 26 heavy (non-hydrogen) atoms. The van der Waals surface area contributed by atoms with Crippen molar-refractivity contribution in [1.82, 2.24) is 0 Å². The smallest absolute Gasteiger partial charge is 0.128 e. The van der Waals surface area contributed by atoms with Gasteiger partial charge in [0.05, 0.1) is 5.69 Å². The molecule has 0 radical (unpaired) electrons. The van der Waals surface area contributed by atoms with Gasteiger partial charge in [-0.2, -0.15) is 0 Å². The van der Waals surface area contributed by atoms with Crippen LogP contribution in [0.4, 0.5) is 5.69 Å². The first-order valence-corrected chi connectivity index (χ1v) is 9.53. The minimum absolute atomic E-state index is 0.454. The molecule has 0 fully saturated rings. The predicted octanol–water partition coefficient (Wildman–Crippen LogP) is 7.39. The van der Waals surface area contributed by atoms with Crippen LogP contribution in [0.2, 0.25) is 10.0 Å². The molecule has 0 aromatic heterocycles. The summed E-state index contributed by atoms with van der Waals surface area (Å²) in [6.07, 6.45) is 1.79. The van der Waals surface area contributed by atoms with Gasteiger partial charge in [0, 0.05) is 26.3 Å². The summed E-state index contributed by atoms with van der Waals surface area (Å²) in [6, 6.07) is 19.1. The van der Waals surface area contributed by atoms with E-state index in [4.69, 9.17) is 27.9 Å². The van der Waals surface area contributed by atoms with E-state index in [0.717, 1.165) is 32.6 Å². The molecular weight excluding hydrogens is 433 g/mol. The second-order valence-electron chi connectivity index (χ2n) is 5.79. The molecule has 0 N–H and O–H groups in total. The van der Waals surface area contributed by atoms with Crippen LogP contribution in [0.1, 0.15) is 16.7 Å². The van der Waals surface area contributed by atoms with Gasteiger partial charge in [0.2, 0.25) is 0 Å². The van der Waals surface area contributed by atoms with Gasteiger partial charge < -0.3 is 4.74 Å². The van der Waals surface area contributed by atoms with Gasteiger partial charge >= 0.3 is 0 Å². The third-order valence-electron chi connectivity index (χ3n) is 3.79. The molecule has 0 amide bonds. The number of rotatable bonds is 5. The summed E-state index contributed by atoms with van der Waals surface area (Å²) < 4.78 is 6.94. The summed E-state index contributed by atoms with van der Waals surface area (Å²) in [5.41, 5.74) is 3.82. The molecule has 0 saturated carbocycles. The summed E-state index contributed by atoms with van der Waals surface area (Å²) in [4.78, 5) is 4.58. The van der Waals surface area contributed by atoms with Crippen molar-refractivity contribution in [3.63, 3.8) is 0 Å². The van der Waals surface area contributed by atoms with Crippen LogP contribution >= 0.6 is 39.1 Å². The highest BCUT2D eigenvalue weighted by atomic mass is 79.9. The van der Waals surface area contributed by atoms with Crippen molar-refractivity contribution in [3.05, 3.63) is 91.9 Å². The SMILES string of the molecule is Cc1ccc(Cl)cc1N=Cc1cc(Br)ccc1OCc1ccc(Cl)cc1. The topological polar surface area (TPSA) is 21.6 Å². The van der Waals surface area contributed by atoms with E-state index in [1.165, 1.54) is 0 Å². The number of hydrogen-bond acceptors (Lipinski definition) is 2. The highest BCUT2D eigenvalue weighted by Crippen LogP contribution is 2.26. The van der Waals surface area contributed by atoms with Gasteiger partial charge in [0.1, 0.15) is 12.4 Å². The Morgan fingerprint density at radius 2 is 1.69 bits per heavy atom. The lowest BCUT2D eigenvalue weighted by atomic mass is 10.2. The molecule has 2 nitrogen and oxygen atoms in total. The van der Waals surface area contributed by atoms with Crippen molar-refractivity contribution < 1.29 is 4.74 Å². The second-order valence-corrected chi connectivity index (χ2v) is 7.57. The quantitative estimate of drug-likeness (QED) is 0.372. The number of aryl methyl sites for hydroxylation is 1. The molecular formula is C21H16BrCl2NO. The van der Waals surface area contributed by atoms with E-state index in [-0.39, 0.29) is 0 Å². The Morgan fingerprint density at radius 1 is 0.962 bits per heavy atom. The van der Waals surface area contributed by atoms with Crippen LogP contribution in [0.3, 0.4) is 0 Å². The molecule has 0 aliphatic heterocycles. The van der Waals surface area contributed by atoms with Crippen LogP contribution in [0.15, 0.2) is 70.1 Å². The number of ether oxygens (including phenoxy) is 1. The van der Waals surface area contributed by atoms with Crippen molar-refractivity contribution in [1.29, 1.82) is 0 Å². The van der Waals surface area contributed by atoms with E-state index in [2.05, 4.69) is 20.9 Å². The van der Waals surface area contributed by atoms with Gasteiger partial charge in [-0.25, -0.2) is 0 Å². The molecule has 0 aliphatic carbocycles. The average Bonchev–Trinajstić information content (AvgIpc) is 2.63. The fraction of sp³-hybridized carbons (Fsp3) is 0.0952. The van der Waals surface area contributed by atoms with E-state index in [0.29, 0.717) is 16.7 Å². The Morgan fingerprint density at radius 3 is 2.46 bits per heavy atom. The van der Waals surface area contributed by atoms with E-state index in [1.54, 1.807) is 6.21 Å². The maximum Gasteiger partial charge on any atom is 0.128 e. The number of benzene rings is 3. The molecule has 0 heterocycles. The Hall–Kier alpha value is -1.81. The van der Waals surface area contributed by atoms with Crippen molar-refractivity contribution in [2.24, 2.45) is 4.99 Å². The molecule has 0 spiro atoms. The van der Waals surface area contributed by atoms with Gasteiger partial charge in [-0.1, -0.05) is 57.3 Å². The Balaban J connectivity index is 1.82. The number of halogens is 3. The monoisotopic (exact) mass is 447 g/mol. The zero-order valence-electron chi connectivity index (χ0n) is 14.0. The van der Waals surface area contributed by atoms with Crippen LogP contribution in [0.25, 0.3) is 0 Å². The Bertz CT molecular complexity index is 939. The first-order valence-electron chi connectivity index (χ1n) is 7.98. The van der Waals surface area contributed by atoms with E-state index >= 15 is 0 Å².